The minimum atomic E-state index is -0.784. The molecule has 0 aliphatic carbocycles. The summed E-state index contributed by atoms with van der Waals surface area (Å²) in [7, 11) is 0. The van der Waals surface area contributed by atoms with Crippen LogP contribution in [0.3, 0.4) is 0 Å². The number of ether oxygens (including phenoxy) is 3. The van der Waals surface area contributed by atoms with Crippen molar-refractivity contribution in [1.82, 2.24) is 0 Å². The largest absolute Gasteiger partial charge is 0.462 e. The van der Waals surface area contributed by atoms with E-state index in [4.69, 9.17) is 14.2 Å². The van der Waals surface area contributed by atoms with Crippen LogP contribution in [0, 0.1) is 0 Å². The third kappa shape index (κ3) is 67.5. The zero-order valence-electron chi connectivity index (χ0n) is 54.1. The standard InChI is InChI=1S/C75H134O6/c1-4-7-10-13-16-19-22-25-28-30-32-34-35-36-37-38-39-41-42-44-47-50-53-56-59-62-65-68-74(77)80-71-72(70-79-73(76)67-64-61-58-55-52-49-46-27-24-21-18-15-12-9-6-3)81-75(78)69-66-63-60-57-54-51-48-45-43-40-33-31-29-26-23-20-17-14-11-8-5-2/h8,11,17,20,26-27,29-30,32-33,40,46,72H,4-7,9-10,12-16,18-19,21-25,28,31,34-39,41-45,47-71H2,1-3H3/b11-8-,20-17-,29-26-,32-30-,40-33-,46-27-. The molecule has 0 amide bonds. The molecule has 6 nitrogen and oxygen atoms in total. The van der Waals surface area contributed by atoms with Gasteiger partial charge in [-0.25, -0.2) is 0 Å². The smallest absolute Gasteiger partial charge is 0.306 e. The SMILES string of the molecule is CC/C=C\C/C=C\C/C=C\C/C=C\CCCCCCCCCCC(=O)OC(COC(=O)CCCCCCC/C=C\CCCCCCCC)COC(=O)CCCCCCCCCCCCCCCCC/C=C\CCCCCCCCCC. The predicted molar refractivity (Wildman–Crippen MR) is 353 cm³/mol. The van der Waals surface area contributed by atoms with Gasteiger partial charge in [0.1, 0.15) is 13.2 Å². The Labute approximate surface area is 503 Å². The van der Waals surface area contributed by atoms with Crippen molar-refractivity contribution in [2.45, 2.75) is 374 Å². The number of carbonyl (C=O) groups excluding carboxylic acids is 3. The molecule has 0 spiro atoms. The zero-order valence-corrected chi connectivity index (χ0v) is 54.1. The lowest BCUT2D eigenvalue weighted by Crippen LogP contribution is -2.30. The molecule has 81 heavy (non-hydrogen) atoms. The fourth-order valence-corrected chi connectivity index (χ4v) is 10.4. The van der Waals surface area contributed by atoms with Gasteiger partial charge in [-0.05, 0) is 109 Å². The fraction of sp³-hybridized carbons (Fsp3) is 0.800. The van der Waals surface area contributed by atoms with Crippen molar-refractivity contribution in [2.24, 2.45) is 0 Å². The molecule has 0 saturated carbocycles. The molecule has 6 heteroatoms. The molecule has 0 aromatic rings. The van der Waals surface area contributed by atoms with Crippen molar-refractivity contribution in [3.63, 3.8) is 0 Å². The number of rotatable bonds is 65. The van der Waals surface area contributed by atoms with Gasteiger partial charge in [0.2, 0.25) is 0 Å². The Morgan fingerprint density at radius 1 is 0.259 bits per heavy atom. The van der Waals surface area contributed by atoms with E-state index in [1.165, 1.54) is 231 Å². The van der Waals surface area contributed by atoms with Gasteiger partial charge in [0.25, 0.3) is 0 Å². The number of allylic oxidation sites excluding steroid dienone is 12. The molecule has 0 fully saturated rings. The van der Waals surface area contributed by atoms with Crippen molar-refractivity contribution < 1.29 is 28.6 Å². The van der Waals surface area contributed by atoms with E-state index >= 15 is 0 Å². The molecule has 1 atom stereocenters. The van der Waals surface area contributed by atoms with E-state index in [0.29, 0.717) is 19.3 Å². The lowest BCUT2D eigenvalue weighted by molar-refractivity contribution is -0.167. The summed E-state index contributed by atoms with van der Waals surface area (Å²) in [5.41, 5.74) is 0. The summed E-state index contributed by atoms with van der Waals surface area (Å²) in [4.78, 5) is 38.5. The van der Waals surface area contributed by atoms with Gasteiger partial charge in [-0.3, -0.25) is 14.4 Å². The first-order valence-corrected chi connectivity index (χ1v) is 35.4. The number of hydrogen-bond donors (Lipinski definition) is 0. The third-order valence-electron chi connectivity index (χ3n) is 15.7. The molecular formula is C75H134O6. The average molecular weight is 1130 g/mol. The van der Waals surface area contributed by atoms with Crippen LogP contribution in [-0.2, 0) is 28.6 Å². The molecule has 0 aliphatic rings. The van der Waals surface area contributed by atoms with Gasteiger partial charge in [0.15, 0.2) is 6.10 Å². The highest BCUT2D eigenvalue weighted by molar-refractivity contribution is 5.71. The van der Waals surface area contributed by atoms with E-state index in [-0.39, 0.29) is 31.1 Å². The topological polar surface area (TPSA) is 78.9 Å². The van der Waals surface area contributed by atoms with Crippen LogP contribution in [0.25, 0.3) is 0 Å². The fourth-order valence-electron chi connectivity index (χ4n) is 10.4. The lowest BCUT2D eigenvalue weighted by Gasteiger charge is -2.18. The Bertz CT molecular complexity index is 1490. The van der Waals surface area contributed by atoms with Crippen LogP contribution < -0.4 is 0 Å². The first kappa shape index (κ1) is 77.9. The van der Waals surface area contributed by atoms with Crippen molar-refractivity contribution in [2.75, 3.05) is 13.2 Å². The molecule has 1 unspecified atom stereocenters. The maximum absolute atomic E-state index is 13.0. The predicted octanol–water partition coefficient (Wildman–Crippen LogP) is 24.4. The summed E-state index contributed by atoms with van der Waals surface area (Å²) < 4.78 is 17.0. The minimum absolute atomic E-state index is 0.0785. The second-order valence-electron chi connectivity index (χ2n) is 23.8. The molecule has 0 bridgehead atoms. The normalized spacial score (nSPS) is 12.5. The van der Waals surface area contributed by atoms with Gasteiger partial charge in [0.05, 0.1) is 0 Å². The lowest BCUT2D eigenvalue weighted by atomic mass is 10.0. The summed E-state index contributed by atoms with van der Waals surface area (Å²) in [6.45, 7) is 6.56. The Morgan fingerprint density at radius 3 is 0.765 bits per heavy atom. The molecule has 0 heterocycles. The molecule has 0 aliphatic heterocycles. The highest BCUT2D eigenvalue weighted by Crippen LogP contribution is 2.17. The van der Waals surface area contributed by atoms with Crippen LogP contribution in [-0.4, -0.2) is 37.2 Å². The van der Waals surface area contributed by atoms with Crippen LogP contribution in [0.5, 0.6) is 0 Å². The Hall–Kier alpha value is -3.15. The van der Waals surface area contributed by atoms with Gasteiger partial charge in [-0.15, -0.1) is 0 Å². The van der Waals surface area contributed by atoms with E-state index in [0.717, 1.165) is 96.3 Å². The van der Waals surface area contributed by atoms with Crippen LogP contribution in [0.15, 0.2) is 72.9 Å². The zero-order chi connectivity index (χ0) is 58.5. The van der Waals surface area contributed by atoms with Gasteiger partial charge in [0, 0.05) is 19.3 Å². The van der Waals surface area contributed by atoms with Crippen LogP contribution in [0.1, 0.15) is 367 Å². The highest BCUT2D eigenvalue weighted by Gasteiger charge is 2.19. The Kier molecular flexibility index (Phi) is 66.6. The molecule has 0 aromatic heterocycles. The summed E-state index contributed by atoms with van der Waals surface area (Å²) in [5.74, 6) is -0.875. The summed E-state index contributed by atoms with van der Waals surface area (Å²) in [5, 5.41) is 0. The second-order valence-corrected chi connectivity index (χ2v) is 23.8. The summed E-state index contributed by atoms with van der Waals surface area (Å²) in [6, 6.07) is 0. The van der Waals surface area contributed by atoms with E-state index in [1.54, 1.807) is 0 Å². The van der Waals surface area contributed by atoms with Crippen LogP contribution in [0.4, 0.5) is 0 Å². The van der Waals surface area contributed by atoms with Gasteiger partial charge >= 0.3 is 17.9 Å². The first-order chi connectivity index (χ1) is 40.0. The molecular weight excluding hydrogens is 997 g/mol. The van der Waals surface area contributed by atoms with Crippen molar-refractivity contribution in [3.8, 4) is 0 Å². The average Bonchev–Trinajstić information content (AvgIpc) is 3.47. The van der Waals surface area contributed by atoms with Gasteiger partial charge in [-0.2, -0.15) is 0 Å². The summed E-state index contributed by atoms with van der Waals surface area (Å²) in [6.07, 6.45) is 90.7. The molecule has 0 aromatic carbocycles. The Balaban J connectivity index is 4.29. The first-order valence-electron chi connectivity index (χ1n) is 35.4. The molecule has 0 N–H and O–H groups in total. The summed E-state index contributed by atoms with van der Waals surface area (Å²) >= 11 is 0. The molecule has 470 valence electrons. The number of hydrogen-bond acceptors (Lipinski definition) is 6. The van der Waals surface area contributed by atoms with Gasteiger partial charge in [-0.1, -0.05) is 312 Å². The van der Waals surface area contributed by atoms with Gasteiger partial charge < -0.3 is 14.2 Å². The second kappa shape index (κ2) is 69.3. The number of carbonyl (C=O) groups is 3. The maximum Gasteiger partial charge on any atom is 0.306 e. The van der Waals surface area contributed by atoms with Crippen molar-refractivity contribution >= 4 is 17.9 Å². The molecule has 0 radical (unpaired) electrons. The maximum atomic E-state index is 13.0. The minimum Gasteiger partial charge on any atom is -0.462 e. The quantitative estimate of drug-likeness (QED) is 0.0261. The van der Waals surface area contributed by atoms with Crippen LogP contribution >= 0.6 is 0 Å². The molecule has 0 rings (SSSR count). The van der Waals surface area contributed by atoms with Crippen LogP contribution in [0.2, 0.25) is 0 Å². The Morgan fingerprint density at radius 2 is 0.481 bits per heavy atom. The molecule has 0 saturated heterocycles. The highest BCUT2D eigenvalue weighted by atomic mass is 16.6. The van der Waals surface area contributed by atoms with Crippen molar-refractivity contribution in [3.05, 3.63) is 72.9 Å². The monoisotopic (exact) mass is 1130 g/mol. The number of esters is 3. The van der Waals surface area contributed by atoms with E-state index in [9.17, 15) is 14.4 Å². The number of unbranched alkanes of at least 4 members (excludes halogenated alkanes) is 42. The van der Waals surface area contributed by atoms with E-state index in [2.05, 4.69) is 93.7 Å². The van der Waals surface area contributed by atoms with E-state index < -0.39 is 6.10 Å². The van der Waals surface area contributed by atoms with Crippen molar-refractivity contribution in [1.29, 1.82) is 0 Å². The van der Waals surface area contributed by atoms with E-state index in [1.807, 2.05) is 0 Å². The third-order valence-corrected chi connectivity index (χ3v) is 15.7.